The Morgan fingerprint density at radius 3 is 2.38 bits per heavy atom. The van der Waals surface area contributed by atoms with Crippen molar-refractivity contribution in [2.45, 2.75) is 0 Å². The van der Waals surface area contributed by atoms with E-state index in [-0.39, 0.29) is 38.9 Å². The number of anilines is 4. The van der Waals surface area contributed by atoms with Crippen molar-refractivity contribution in [1.29, 1.82) is 0 Å². The minimum Gasteiger partial charge on any atom is -0.438 e. The number of para-hydroxylation sites is 2. The SMILES string of the molecule is CN1CCN(c2ccc(Nc3ncc(C(=O)Nc4c(Cl)cccc4Cl)c(Oc4ccccc4)n3)cc2F)CC1. The summed E-state index contributed by atoms with van der Waals surface area (Å²) in [6.45, 7) is 3.26. The number of carbonyl (C=O) groups is 1. The summed E-state index contributed by atoms with van der Waals surface area (Å²) in [5.74, 6) is -0.327. The van der Waals surface area contributed by atoms with Crippen LogP contribution in [0, 0.1) is 5.82 Å². The molecule has 0 unspecified atom stereocenters. The lowest BCUT2D eigenvalue weighted by Crippen LogP contribution is -2.44. The van der Waals surface area contributed by atoms with Crippen LogP contribution in [0.25, 0.3) is 0 Å². The highest BCUT2D eigenvalue weighted by Crippen LogP contribution is 2.32. The molecule has 11 heteroatoms. The predicted molar refractivity (Wildman–Crippen MR) is 152 cm³/mol. The van der Waals surface area contributed by atoms with E-state index in [2.05, 4.69) is 32.5 Å². The third-order valence-electron chi connectivity index (χ3n) is 6.21. The molecule has 2 N–H and O–H groups in total. The van der Waals surface area contributed by atoms with Crippen LogP contribution < -0.4 is 20.3 Å². The van der Waals surface area contributed by atoms with Crippen LogP contribution in [0.15, 0.2) is 72.9 Å². The van der Waals surface area contributed by atoms with Crippen molar-refractivity contribution in [2.75, 3.05) is 48.8 Å². The molecule has 1 aliphatic rings. The van der Waals surface area contributed by atoms with Crippen molar-refractivity contribution in [1.82, 2.24) is 14.9 Å². The molecule has 0 radical (unpaired) electrons. The van der Waals surface area contributed by atoms with Crippen LogP contribution in [0.4, 0.5) is 27.4 Å². The Bertz CT molecular complexity index is 1460. The second-order valence-electron chi connectivity index (χ2n) is 8.96. The highest BCUT2D eigenvalue weighted by Gasteiger charge is 2.21. The van der Waals surface area contributed by atoms with Gasteiger partial charge in [0, 0.05) is 38.1 Å². The van der Waals surface area contributed by atoms with Gasteiger partial charge in [0.1, 0.15) is 17.1 Å². The van der Waals surface area contributed by atoms with E-state index in [4.69, 9.17) is 27.9 Å². The number of halogens is 3. The molecule has 0 saturated carbocycles. The first kappa shape index (κ1) is 26.7. The number of rotatable bonds is 7. The second kappa shape index (κ2) is 11.9. The Morgan fingerprint density at radius 2 is 1.69 bits per heavy atom. The molecule has 1 saturated heterocycles. The smallest absolute Gasteiger partial charge is 0.262 e. The maximum absolute atomic E-state index is 15.0. The van der Waals surface area contributed by atoms with Crippen molar-refractivity contribution in [3.05, 3.63) is 94.4 Å². The standard InChI is InChI=1S/C28H25Cl2FN6O2/c1-36-12-14-37(15-13-36)24-11-10-18(16-23(24)31)33-28-32-17-20(27(35-28)39-19-6-3-2-4-7-19)26(38)34-25-21(29)8-5-9-22(25)30/h2-11,16-17H,12-15H2,1H3,(H,34,38)(H,32,33,35). The van der Waals surface area contributed by atoms with Gasteiger partial charge in [-0.25, -0.2) is 9.37 Å². The van der Waals surface area contributed by atoms with Crippen molar-refractivity contribution in [3.63, 3.8) is 0 Å². The molecule has 1 fully saturated rings. The third-order valence-corrected chi connectivity index (χ3v) is 6.84. The zero-order valence-corrected chi connectivity index (χ0v) is 22.5. The summed E-state index contributed by atoms with van der Waals surface area (Å²) in [6.07, 6.45) is 1.32. The highest BCUT2D eigenvalue weighted by molar-refractivity contribution is 6.40. The highest BCUT2D eigenvalue weighted by atomic mass is 35.5. The number of carbonyl (C=O) groups excluding carboxylic acids is 1. The van der Waals surface area contributed by atoms with E-state index in [1.165, 1.54) is 12.3 Å². The predicted octanol–water partition coefficient (Wildman–Crippen LogP) is 6.46. The summed E-state index contributed by atoms with van der Waals surface area (Å²) in [6, 6.07) is 18.7. The lowest BCUT2D eigenvalue weighted by atomic mass is 10.2. The van der Waals surface area contributed by atoms with Crippen molar-refractivity contribution >= 4 is 52.1 Å². The molecule has 1 amide bonds. The molecule has 0 bridgehead atoms. The number of piperazine rings is 1. The molecule has 0 atom stereocenters. The monoisotopic (exact) mass is 566 g/mol. The van der Waals surface area contributed by atoms with Gasteiger partial charge < -0.3 is 25.2 Å². The van der Waals surface area contributed by atoms with Gasteiger partial charge in [0.2, 0.25) is 11.8 Å². The van der Waals surface area contributed by atoms with Gasteiger partial charge in [-0.2, -0.15) is 4.98 Å². The largest absolute Gasteiger partial charge is 0.438 e. The molecule has 39 heavy (non-hydrogen) atoms. The first-order chi connectivity index (χ1) is 18.9. The van der Waals surface area contributed by atoms with Gasteiger partial charge in [-0.15, -0.1) is 0 Å². The Labute approximate surface area is 235 Å². The molecule has 8 nitrogen and oxygen atoms in total. The Morgan fingerprint density at radius 1 is 0.974 bits per heavy atom. The number of aromatic nitrogens is 2. The van der Waals surface area contributed by atoms with Crippen LogP contribution in [0.1, 0.15) is 10.4 Å². The normalized spacial score (nSPS) is 13.7. The summed E-state index contributed by atoms with van der Waals surface area (Å²) in [5, 5.41) is 6.26. The minimum atomic E-state index is -0.565. The molecule has 1 aromatic heterocycles. The lowest BCUT2D eigenvalue weighted by molar-refractivity contribution is 0.102. The van der Waals surface area contributed by atoms with Gasteiger partial charge in [-0.05, 0) is 49.5 Å². The van der Waals surface area contributed by atoms with Gasteiger partial charge in [0.25, 0.3) is 5.91 Å². The molecule has 2 heterocycles. The van der Waals surface area contributed by atoms with Gasteiger partial charge in [0.05, 0.1) is 21.4 Å². The van der Waals surface area contributed by atoms with Crippen LogP contribution in [0.2, 0.25) is 10.0 Å². The molecule has 4 aromatic rings. The Kier molecular flexibility index (Phi) is 8.11. The third kappa shape index (κ3) is 6.39. The number of likely N-dealkylation sites (N-methyl/N-ethyl adjacent to an activating group) is 1. The van der Waals surface area contributed by atoms with E-state index in [9.17, 15) is 4.79 Å². The molecule has 3 aromatic carbocycles. The molecule has 5 rings (SSSR count). The number of amides is 1. The average Bonchev–Trinajstić information content (AvgIpc) is 2.92. The number of nitrogens with zero attached hydrogens (tertiary/aromatic N) is 4. The average molecular weight is 567 g/mol. The zero-order valence-electron chi connectivity index (χ0n) is 21.0. The van der Waals surface area contributed by atoms with Crippen LogP contribution in [0.5, 0.6) is 11.6 Å². The van der Waals surface area contributed by atoms with Crippen molar-refractivity contribution in [2.24, 2.45) is 0 Å². The number of nitrogens with one attached hydrogen (secondary N) is 2. The maximum Gasteiger partial charge on any atom is 0.262 e. The minimum absolute atomic E-state index is 0.00564. The number of hydrogen-bond acceptors (Lipinski definition) is 7. The zero-order chi connectivity index (χ0) is 27.4. The molecule has 0 aliphatic carbocycles. The first-order valence-electron chi connectivity index (χ1n) is 12.2. The lowest BCUT2D eigenvalue weighted by Gasteiger charge is -2.34. The topological polar surface area (TPSA) is 82.6 Å². The number of hydrogen-bond donors (Lipinski definition) is 2. The number of benzene rings is 3. The summed E-state index contributed by atoms with van der Waals surface area (Å²) >= 11 is 12.4. The molecule has 0 spiro atoms. The molecular formula is C28H25Cl2FN6O2. The van der Waals surface area contributed by atoms with Gasteiger partial charge in [-0.3, -0.25) is 4.79 Å². The van der Waals surface area contributed by atoms with E-state index in [1.54, 1.807) is 54.6 Å². The fourth-order valence-electron chi connectivity index (χ4n) is 4.08. The maximum atomic E-state index is 15.0. The van der Waals surface area contributed by atoms with Crippen molar-refractivity contribution < 1.29 is 13.9 Å². The van der Waals surface area contributed by atoms with E-state index >= 15 is 4.39 Å². The summed E-state index contributed by atoms with van der Waals surface area (Å²) in [7, 11) is 2.05. The van der Waals surface area contributed by atoms with Crippen molar-refractivity contribution in [3.8, 4) is 11.6 Å². The molecule has 1 aliphatic heterocycles. The molecular weight excluding hydrogens is 542 g/mol. The summed E-state index contributed by atoms with van der Waals surface area (Å²) in [5.41, 5.74) is 1.32. The van der Waals surface area contributed by atoms with E-state index in [0.29, 0.717) is 17.1 Å². The number of ether oxygens (including phenoxy) is 1. The first-order valence-corrected chi connectivity index (χ1v) is 13.0. The van der Waals surface area contributed by atoms with Crippen LogP contribution in [-0.4, -0.2) is 54.0 Å². The van der Waals surface area contributed by atoms with Gasteiger partial charge in [0.15, 0.2) is 0 Å². The van der Waals surface area contributed by atoms with Gasteiger partial charge in [-0.1, -0.05) is 47.5 Å². The second-order valence-corrected chi connectivity index (χ2v) is 9.77. The van der Waals surface area contributed by atoms with Crippen LogP contribution in [-0.2, 0) is 0 Å². The van der Waals surface area contributed by atoms with Crippen LogP contribution in [0.3, 0.4) is 0 Å². The molecule has 200 valence electrons. The van der Waals surface area contributed by atoms with E-state index in [0.717, 1.165) is 26.2 Å². The summed E-state index contributed by atoms with van der Waals surface area (Å²) < 4.78 is 20.9. The van der Waals surface area contributed by atoms with E-state index in [1.807, 2.05) is 11.0 Å². The Balaban J connectivity index is 1.40. The van der Waals surface area contributed by atoms with Gasteiger partial charge >= 0.3 is 0 Å². The summed E-state index contributed by atoms with van der Waals surface area (Å²) in [4.78, 5) is 26.1. The van der Waals surface area contributed by atoms with Crippen LogP contribution >= 0.6 is 23.2 Å². The Hall–Kier alpha value is -3.92. The fourth-order valence-corrected chi connectivity index (χ4v) is 4.57. The quantitative estimate of drug-likeness (QED) is 0.265. The fraction of sp³-hybridized carbons (Fsp3) is 0.179. The van der Waals surface area contributed by atoms with E-state index < -0.39 is 5.91 Å².